The second-order valence-electron chi connectivity index (χ2n) is 6.04. The average Bonchev–Trinajstić information content (AvgIpc) is 2.87. The van der Waals surface area contributed by atoms with Crippen LogP contribution in [0.25, 0.3) is 0 Å². The van der Waals surface area contributed by atoms with Crippen molar-refractivity contribution >= 4 is 11.3 Å². The van der Waals surface area contributed by atoms with Gasteiger partial charge in [0.15, 0.2) is 0 Å². The van der Waals surface area contributed by atoms with Crippen molar-refractivity contribution in [2.45, 2.75) is 39.8 Å². The van der Waals surface area contributed by atoms with Crippen LogP contribution < -0.4 is 5.32 Å². The van der Waals surface area contributed by atoms with E-state index in [1.807, 2.05) is 5.51 Å². The van der Waals surface area contributed by atoms with Crippen molar-refractivity contribution in [3.8, 4) is 0 Å². The number of nitrogens with one attached hydrogen (secondary N) is 1. The van der Waals surface area contributed by atoms with Crippen LogP contribution in [-0.2, 0) is 13.0 Å². The lowest BCUT2D eigenvalue weighted by molar-refractivity contribution is 0.268. The molecule has 1 unspecified atom stereocenters. The molecule has 0 saturated carbocycles. The maximum atomic E-state index is 4.32. The highest BCUT2D eigenvalue weighted by atomic mass is 32.1. The molecule has 0 aliphatic heterocycles. The van der Waals surface area contributed by atoms with Crippen molar-refractivity contribution in [3.63, 3.8) is 0 Å². The number of fused-ring (bicyclic) bond motifs is 1. The first kappa shape index (κ1) is 12.8. The first-order valence-corrected chi connectivity index (χ1v) is 7.66. The Balaban J connectivity index is 1.82. The van der Waals surface area contributed by atoms with E-state index >= 15 is 0 Å². The SMILES string of the molecule is Cc1ncsc1CNC1c2ccccc2CC1(C)C. The average molecular weight is 272 g/mol. The third kappa shape index (κ3) is 2.33. The van der Waals surface area contributed by atoms with Crippen molar-refractivity contribution in [1.29, 1.82) is 0 Å². The predicted molar refractivity (Wildman–Crippen MR) is 80.4 cm³/mol. The Labute approximate surface area is 118 Å². The van der Waals surface area contributed by atoms with Gasteiger partial charge in [0.25, 0.3) is 0 Å². The summed E-state index contributed by atoms with van der Waals surface area (Å²) in [5.74, 6) is 0. The van der Waals surface area contributed by atoms with Crippen LogP contribution in [0.4, 0.5) is 0 Å². The Kier molecular flexibility index (Phi) is 3.19. The molecule has 0 saturated heterocycles. The molecule has 0 radical (unpaired) electrons. The van der Waals surface area contributed by atoms with Gasteiger partial charge in [0, 0.05) is 17.5 Å². The van der Waals surface area contributed by atoms with Crippen LogP contribution in [0.3, 0.4) is 0 Å². The summed E-state index contributed by atoms with van der Waals surface area (Å²) in [6.45, 7) is 7.70. The van der Waals surface area contributed by atoms with E-state index < -0.39 is 0 Å². The van der Waals surface area contributed by atoms with Crippen molar-refractivity contribution < 1.29 is 0 Å². The van der Waals surface area contributed by atoms with E-state index in [1.54, 1.807) is 11.3 Å². The van der Waals surface area contributed by atoms with Gasteiger partial charge in [0.05, 0.1) is 11.2 Å². The van der Waals surface area contributed by atoms with Crippen molar-refractivity contribution in [1.82, 2.24) is 10.3 Å². The fourth-order valence-corrected chi connectivity index (χ4v) is 3.80. The van der Waals surface area contributed by atoms with Crippen molar-refractivity contribution in [3.05, 3.63) is 51.5 Å². The summed E-state index contributed by atoms with van der Waals surface area (Å²) in [7, 11) is 0. The third-order valence-corrected chi connectivity index (χ3v) is 5.04. The molecule has 3 rings (SSSR count). The standard InChI is InChI=1S/C16H20N2S/c1-11-14(19-10-18-11)9-17-15-13-7-5-4-6-12(13)8-16(15,2)3/h4-7,10,15,17H,8-9H2,1-3H3. The van der Waals surface area contributed by atoms with Gasteiger partial charge in [0.2, 0.25) is 0 Å². The van der Waals surface area contributed by atoms with Crippen molar-refractivity contribution in [2.24, 2.45) is 5.41 Å². The minimum absolute atomic E-state index is 0.280. The van der Waals surface area contributed by atoms with E-state index in [2.05, 4.69) is 55.3 Å². The molecule has 1 N–H and O–H groups in total. The summed E-state index contributed by atoms with van der Waals surface area (Å²) in [4.78, 5) is 5.67. The van der Waals surface area contributed by atoms with Gasteiger partial charge < -0.3 is 5.32 Å². The highest BCUT2D eigenvalue weighted by Gasteiger charge is 2.38. The van der Waals surface area contributed by atoms with Gasteiger partial charge in [-0.25, -0.2) is 4.98 Å². The van der Waals surface area contributed by atoms with Crippen molar-refractivity contribution in [2.75, 3.05) is 0 Å². The van der Waals surface area contributed by atoms with Crippen LogP contribution in [0.5, 0.6) is 0 Å². The predicted octanol–water partition coefficient (Wildman–Crippen LogP) is 3.86. The molecular weight excluding hydrogens is 252 g/mol. The Morgan fingerprint density at radius 1 is 1.37 bits per heavy atom. The smallest absolute Gasteiger partial charge is 0.0798 e. The highest BCUT2D eigenvalue weighted by molar-refractivity contribution is 7.09. The Morgan fingerprint density at radius 2 is 2.16 bits per heavy atom. The monoisotopic (exact) mass is 272 g/mol. The number of rotatable bonds is 3. The quantitative estimate of drug-likeness (QED) is 0.917. The van der Waals surface area contributed by atoms with E-state index in [0.29, 0.717) is 6.04 Å². The summed E-state index contributed by atoms with van der Waals surface area (Å²) in [6.07, 6.45) is 1.16. The zero-order valence-corrected chi connectivity index (χ0v) is 12.6. The number of thiazole rings is 1. The molecule has 0 fully saturated rings. The maximum Gasteiger partial charge on any atom is 0.0798 e. The van der Waals surface area contributed by atoms with Crippen LogP contribution in [0, 0.1) is 12.3 Å². The minimum atomic E-state index is 0.280. The summed E-state index contributed by atoms with van der Waals surface area (Å²) in [5.41, 5.74) is 6.32. The zero-order chi connectivity index (χ0) is 13.5. The zero-order valence-electron chi connectivity index (χ0n) is 11.7. The van der Waals surface area contributed by atoms with Gasteiger partial charge in [-0.05, 0) is 29.9 Å². The van der Waals surface area contributed by atoms with E-state index in [0.717, 1.165) is 18.7 Å². The van der Waals surface area contributed by atoms with Gasteiger partial charge in [-0.15, -0.1) is 11.3 Å². The number of hydrogen-bond acceptors (Lipinski definition) is 3. The fourth-order valence-electron chi connectivity index (χ4n) is 3.07. The number of aryl methyl sites for hydroxylation is 1. The summed E-state index contributed by atoms with van der Waals surface area (Å²) in [6, 6.07) is 9.25. The molecule has 0 spiro atoms. The lowest BCUT2D eigenvalue weighted by atomic mass is 9.85. The van der Waals surface area contributed by atoms with Crippen LogP contribution in [0.15, 0.2) is 29.8 Å². The first-order valence-electron chi connectivity index (χ1n) is 6.78. The van der Waals surface area contributed by atoms with Gasteiger partial charge in [0.1, 0.15) is 0 Å². The molecule has 0 bridgehead atoms. The van der Waals surface area contributed by atoms with Crippen LogP contribution in [0.1, 0.15) is 41.6 Å². The van der Waals surface area contributed by atoms with E-state index in [1.165, 1.54) is 16.0 Å². The minimum Gasteiger partial charge on any atom is -0.304 e. The van der Waals surface area contributed by atoms with E-state index in [9.17, 15) is 0 Å². The van der Waals surface area contributed by atoms with Gasteiger partial charge in [-0.2, -0.15) is 0 Å². The molecular formula is C16H20N2S. The fraction of sp³-hybridized carbons (Fsp3) is 0.438. The molecule has 1 aromatic heterocycles. The number of hydrogen-bond donors (Lipinski definition) is 1. The number of aromatic nitrogens is 1. The Bertz CT molecular complexity index is 586. The normalized spacial score (nSPS) is 20.5. The molecule has 19 heavy (non-hydrogen) atoms. The summed E-state index contributed by atoms with van der Waals surface area (Å²) >= 11 is 1.74. The second-order valence-corrected chi connectivity index (χ2v) is 6.98. The van der Waals surface area contributed by atoms with Gasteiger partial charge in [-0.1, -0.05) is 38.1 Å². The summed E-state index contributed by atoms with van der Waals surface area (Å²) < 4.78 is 0. The van der Waals surface area contributed by atoms with Gasteiger partial charge in [-0.3, -0.25) is 0 Å². The summed E-state index contributed by atoms with van der Waals surface area (Å²) in [5, 5.41) is 3.74. The van der Waals surface area contributed by atoms with Gasteiger partial charge >= 0.3 is 0 Å². The first-order chi connectivity index (χ1) is 9.08. The van der Waals surface area contributed by atoms with E-state index in [4.69, 9.17) is 0 Å². The number of nitrogens with zero attached hydrogens (tertiary/aromatic N) is 1. The molecule has 1 aliphatic rings. The largest absolute Gasteiger partial charge is 0.304 e. The molecule has 3 heteroatoms. The number of benzene rings is 1. The molecule has 2 aromatic rings. The van der Waals surface area contributed by atoms with Crippen LogP contribution in [-0.4, -0.2) is 4.98 Å². The molecule has 100 valence electrons. The molecule has 1 aromatic carbocycles. The molecule has 0 amide bonds. The lowest BCUT2D eigenvalue weighted by Gasteiger charge is -2.28. The Hall–Kier alpha value is -1.19. The molecule has 2 nitrogen and oxygen atoms in total. The highest BCUT2D eigenvalue weighted by Crippen LogP contribution is 2.45. The van der Waals surface area contributed by atoms with E-state index in [-0.39, 0.29) is 5.41 Å². The molecule has 1 heterocycles. The lowest BCUT2D eigenvalue weighted by Crippen LogP contribution is -2.30. The topological polar surface area (TPSA) is 24.9 Å². The maximum absolute atomic E-state index is 4.32. The van der Waals surface area contributed by atoms with Crippen LogP contribution in [0.2, 0.25) is 0 Å². The van der Waals surface area contributed by atoms with Crippen LogP contribution >= 0.6 is 11.3 Å². The Morgan fingerprint density at radius 3 is 2.89 bits per heavy atom. The molecule has 1 atom stereocenters. The molecule has 1 aliphatic carbocycles. The third-order valence-electron chi connectivity index (χ3n) is 4.11. The second kappa shape index (κ2) is 4.73.